The molecule has 0 amide bonds. The second-order valence-corrected chi connectivity index (χ2v) is 3.82. The molecule has 0 atom stereocenters. The summed E-state index contributed by atoms with van der Waals surface area (Å²) in [6.07, 6.45) is 6.04. The van der Waals surface area contributed by atoms with E-state index in [1.165, 1.54) is 0 Å². The summed E-state index contributed by atoms with van der Waals surface area (Å²) in [5.74, 6) is 1.89. The summed E-state index contributed by atoms with van der Waals surface area (Å²) in [5.41, 5.74) is 0. The van der Waals surface area contributed by atoms with E-state index in [9.17, 15) is 0 Å². The molecule has 0 aliphatic carbocycles. The van der Waals surface area contributed by atoms with Crippen LogP contribution in [0.5, 0.6) is 5.75 Å². The number of ether oxygens (including phenoxy) is 1. The van der Waals surface area contributed by atoms with Crippen molar-refractivity contribution in [1.82, 2.24) is 15.3 Å². The molecule has 0 unspecified atom stereocenters. The fourth-order valence-corrected chi connectivity index (χ4v) is 1.47. The second kappa shape index (κ2) is 6.76. The molecule has 5 heteroatoms. The topological polar surface area (TPSA) is 60.2 Å². The third-order valence-electron chi connectivity index (χ3n) is 2.34. The minimum absolute atomic E-state index is 0.566. The summed E-state index contributed by atoms with van der Waals surface area (Å²) in [7, 11) is 0. The number of furan rings is 1. The van der Waals surface area contributed by atoms with Crippen LogP contribution in [0.15, 0.2) is 35.2 Å². The van der Waals surface area contributed by atoms with Crippen molar-refractivity contribution in [1.29, 1.82) is 0 Å². The third kappa shape index (κ3) is 3.56. The van der Waals surface area contributed by atoms with Gasteiger partial charge in [0.2, 0.25) is 0 Å². The molecule has 0 bridgehead atoms. The van der Waals surface area contributed by atoms with E-state index in [0.29, 0.717) is 23.9 Å². The van der Waals surface area contributed by atoms with Gasteiger partial charge in [-0.3, -0.25) is 0 Å². The average Bonchev–Trinajstić information content (AvgIpc) is 2.93. The molecule has 2 heterocycles. The van der Waals surface area contributed by atoms with Crippen LogP contribution in [-0.4, -0.2) is 29.7 Å². The Kier molecular flexibility index (Phi) is 4.72. The van der Waals surface area contributed by atoms with Gasteiger partial charge in [0.25, 0.3) is 0 Å². The Morgan fingerprint density at radius 1 is 1.28 bits per heavy atom. The highest BCUT2D eigenvalue weighted by Crippen LogP contribution is 2.16. The maximum absolute atomic E-state index is 5.51. The highest BCUT2D eigenvalue weighted by atomic mass is 16.5. The first-order chi connectivity index (χ1) is 8.90. The monoisotopic (exact) mass is 247 g/mol. The van der Waals surface area contributed by atoms with Crippen molar-refractivity contribution in [3.63, 3.8) is 0 Å². The smallest absolute Gasteiger partial charge is 0.195 e. The molecule has 5 nitrogen and oxygen atoms in total. The van der Waals surface area contributed by atoms with Crippen molar-refractivity contribution >= 4 is 0 Å². The normalized spacial score (nSPS) is 10.5. The molecule has 2 aromatic heterocycles. The van der Waals surface area contributed by atoms with Crippen LogP contribution in [-0.2, 0) is 0 Å². The summed E-state index contributed by atoms with van der Waals surface area (Å²) in [6, 6.07) is 3.63. The van der Waals surface area contributed by atoms with E-state index in [1.807, 2.05) is 12.1 Å². The van der Waals surface area contributed by atoms with Gasteiger partial charge in [-0.25, -0.2) is 9.97 Å². The highest BCUT2D eigenvalue weighted by molar-refractivity contribution is 5.45. The molecule has 2 aromatic rings. The van der Waals surface area contributed by atoms with Gasteiger partial charge in [0, 0.05) is 6.54 Å². The van der Waals surface area contributed by atoms with E-state index in [-0.39, 0.29) is 0 Å². The van der Waals surface area contributed by atoms with Crippen LogP contribution >= 0.6 is 0 Å². The van der Waals surface area contributed by atoms with Crippen LogP contribution in [0.2, 0.25) is 0 Å². The van der Waals surface area contributed by atoms with E-state index in [4.69, 9.17) is 9.15 Å². The largest absolute Gasteiger partial charge is 0.489 e. The van der Waals surface area contributed by atoms with Gasteiger partial charge >= 0.3 is 0 Å². The molecule has 0 aliphatic rings. The van der Waals surface area contributed by atoms with Crippen molar-refractivity contribution in [3.8, 4) is 17.3 Å². The van der Waals surface area contributed by atoms with E-state index < -0.39 is 0 Å². The number of nitrogens with zero attached hydrogens (tertiary/aromatic N) is 2. The molecule has 0 saturated heterocycles. The molecule has 2 rings (SSSR count). The lowest BCUT2D eigenvalue weighted by atomic mass is 10.4. The standard InChI is InChI=1S/C13H17N3O2/c1-2-5-14-6-8-17-11-9-15-13(16-10-11)12-4-3-7-18-12/h3-4,7,9-10,14H,2,5-6,8H2,1H3. The van der Waals surface area contributed by atoms with Crippen LogP contribution in [0.3, 0.4) is 0 Å². The number of aromatic nitrogens is 2. The molecule has 18 heavy (non-hydrogen) atoms. The van der Waals surface area contributed by atoms with Crippen molar-refractivity contribution in [2.24, 2.45) is 0 Å². The summed E-state index contributed by atoms with van der Waals surface area (Å²) < 4.78 is 10.7. The number of rotatable bonds is 7. The Morgan fingerprint density at radius 2 is 2.11 bits per heavy atom. The zero-order valence-corrected chi connectivity index (χ0v) is 10.4. The molecule has 0 fully saturated rings. The summed E-state index contributed by atoms with van der Waals surface area (Å²) in [5, 5.41) is 3.26. The van der Waals surface area contributed by atoms with Gasteiger partial charge in [-0.15, -0.1) is 0 Å². The van der Waals surface area contributed by atoms with Crippen LogP contribution < -0.4 is 10.1 Å². The van der Waals surface area contributed by atoms with Gasteiger partial charge in [-0.2, -0.15) is 0 Å². The summed E-state index contributed by atoms with van der Waals surface area (Å²) in [6.45, 7) is 4.59. The Bertz CT molecular complexity index is 440. The second-order valence-electron chi connectivity index (χ2n) is 3.82. The highest BCUT2D eigenvalue weighted by Gasteiger charge is 2.03. The Hall–Kier alpha value is -1.88. The van der Waals surface area contributed by atoms with E-state index >= 15 is 0 Å². The number of hydrogen-bond donors (Lipinski definition) is 1. The molecule has 0 aromatic carbocycles. The van der Waals surface area contributed by atoms with Gasteiger partial charge < -0.3 is 14.5 Å². The van der Waals surface area contributed by atoms with Crippen LogP contribution in [0, 0.1) is 0 Å². The quantitative estimate of drug-likeness (QED) is 0.759. The van der Waals surface area contributed by atoms with E-state index in [1.54, 1.807) is 18.7 Å². The van der Waals surface area contributed by atoms with Crippen LogP contribution in [0.25, 0.3) is 11.6 Å². The first-order valence-electron chi connectivity index (χ1n) is 6.09. The first kappa shape index (κ1) is 12.6. The van der Waals surface area contributed by atoms with E-state index in [0.717, 1.165) is 19.5 Å². The lowest BCUT2D eigenvalue weighted by Crippen LogP contribution is -2.21. The Morgan fingerprint density at radius 3 is 2.78 bits per heavy atom. The van der Waals surface area contributed by atoms with Gasteiger partial charge in [-0.05, 0) is 25.1 Å². The molecule has 1 N–H and O–H groups in total. The van der Waals surface area contributed by atoms with E-state index in [2.05, 4.69) is 22.2 Å². The van der Waals surface area contributed by atoms with Gasteiger partial charge in [0.05, 0.1) is 18.7 Å². The van der Waals surface area contributed by atoms with Crippen LogP contribution in [0.1, 0.15) is 13.3 Å². The number of hydrogen-bond acceptors (Lipinski definition) is 5. The molecule has 0 spiro atoms. The maximum Gasteiger partial charge on any atom is 0.195 e. The molecule has 0 saturated carbocycles. The minimum Gasteiger partial charge on any atom is -0.489 e. The fourth-order valence-electron chi connectivity index (χ4n) is 1.47. The SMILES string of the molecule is CCCNCCOc1cnc(-c2ccco2)nc1. The van der Waals surface area contributed by atoms with Crippen molar-refractivity contribution in [2.75, 3.05) is 19.7 Å². The Balaban J connectivity index is 1.81. The van der Waals surface area contributed by atoms with Crippen molar-refractivity contribution in [3.05, 3.63) is 30.8 Å². The number of nitrogens with one attached hydrogen (secondary N) is 1. The predicted molar refractivity (Wildman–Crippen MR) is 68.4 cm³/mol. The zero-order chi connectivity index (χ0) is 12.6. The summed E-state index contributed by atoms with van der Waals surface area (Å²) in [4.78, 5) is 8.37. The molecule has 0 radical (unpaired) electrons. The van der Waals surface area contributed by atoms with Crippen molar-refractivity contribution in [2.45, 2.75) is 13.3 Å². The van der Waals surface area contributed by atoms with Gasteiger partial charge in [-0.1, -0.05) is 6.92 Å². The minimum atomic E-state index is 0.566. The molecular weight excluding hydrogens is 230 g/mol. The molecule has 96 valence electrons. The third-order valence-corrected chi connectivity index (χ3v) is 2.34. The zero-order valence-electron chi connectivity index (χ0n) is 10.4. The lowest BCUT2D eigenvalue weighted by molar-refractivity contribution is 0.312. The average molecular weight is 247 g/mol. The first-order valence-corrected chi connectivity index (χ1v) is 6.09. The molecule has 0 aliphatic heterocycles. The summed E-state index contributed by atoms with van der Waals surface area (Å²) >= 11 is 0. The van der Waals surface area contributed by atoms with Crippen molar-refractivity contribution < 1.29 is 9.15 Å². The predicted octanol–water partition coefficient (Wildman–Crippen LogP) is 2.11. The van der Waals surface area contributed by atoms with Crippen LogP contribution in [0.4, 0.5) is 0 Å². The van der Waals surface area contributed by atoms with Gasteiger partial charge in [0.1, 0.15) is 6.61 Å². The lowest BCUT2D eigenvalue weighted by Gasteiger charge is -2.06. The Labute approximate surface area is 106 Å². The van der Waals surface area contributed by atoms with Gasteiger partial charge in [0.15, 0.2) is 17.3 Å². The maximum atomic E-state index is 5.51. The molecular formula is C13H17N3O2. The fraction of sp³-hybridized carbons (Fsp3) is 0.385.